The third-order valence-electron chi connectivity index (χ3n) is 8.94. The van der Waals surface area contributed by atoms with Crippen molar-refractivity contribution in [2.75, 3.05) is 13.7 Å². The average Bonchev–Trinajstić information content (AvgIpc) is 3.19. The number of aliphatic hydroxyl groups is 1. The number of aromatic amines is 1. The van der Waals surface area contributed by atoms with Gasteiger partial charge in [-0.05, 0) is 70.3 Å². The number of H-pyrrole nitrogens is 1. The Labute approximate surface area is 311 Å². The number of phenols is 1. The number of fused-ring (bicyclic) bond motifs is 1. The first-order chi connectivity index (χ1) is 26.2. The average molecular weight is 729 g/mol. The number of phenolic OH excluding ortho intramolecular Hbond substituents is 1. The van der Waals surface area contributed by atoms with Crippen LogP contribution >= 0.6 is 0 Å². The van der Waals surface area contributed by atoms with E-state index in [1.54, 1.807) is 31.4 Å². The maximum absolute atomic E-state index is 13.0. The van der Waals surface area contributed by atoms with Crippen molar-refractivity contribution in [2.45, 2.75) is 31.8 Å². The minimum Gasteiger partial charge on any atom is -0.506 e. The lowest BCUT2D eigenvalue weighted by molar-refractivity contribution is 0.0950. The van der Waals surface area contributed by atoms with E-state index < -0.39 is 18.2 Å². The van der Waals surface area contributed by atoms with Gasteiger partial charge in [0.2, 0.25) is 5.56 Å². The first-order valence-corrected chi connectivity index (χ1v) is 17.2. The molecule has 0 spiro atoms. The third-order valence-corrected chi connectivity index (χ3v) is 8.94. The Morgan fingerprint density at radius 2 is 1.57 bits per heavy atom. The van der Waals surface area contributed by atoms with Gasteiger partial charge in [-0.25, -0.2) is 4.79 Å². The molecule has 5 aromatic carbocycles. The minimum atomic E-state index is -1.13. The molecule has 1 aromatic heterocycles. The maximum Gasteiger partial charge on any atom is 0.405 e. The quantitative estimate of drug-likeness (QED) is 0.0674. The number of carbonyl (C=O) groups excluding carboxylic acids is 1. The summed E-state index contributed by atoms with van der Waals surface area (Å²) in [7, 11) is 1.57. The van der Waals surface area contributed by atoms with Crippen LogP contribution in [0, 0.1) is 0 Å². The van der Waals surface area contributed by atoms with E-state index in [2.05, 4.69) is 20.9 Å². The summed E-state index contributed by atoms with van der Waals surface area (Å²) in [6.07, 6.45) is -2.03. The summed E-state index contributed by atoms with van der Waals surface area (Å²) in [5.41, 5.74) is 5.10. The highest BCUT2D eigenvalue weighted by molar-refractivity contribution is 5.94. The van der Waals surface area contributed by atoms with Gasteiger partial charge in [-0.2, -0.15) is 0 Å². The molecule has 0 aliphatic heterocycles. The first-order valence-electron chi connectivity index (χ1n) is 17.2. The molecule has 0 bridgehead atoms. The van der Waals surface area contributed by atoms with Crippen LogP contribution in [0.2, 0.25) is 0 Å². The van der Waals surface area contributed by atoms with Crippen LogP contribution in [0.15, 0.2) is 126 Å². The SMILES string of the molecule is COc1cc(CNC(=O)c2ccc(COc3cccc([C@@H](NC(=O)O)c4ccccc4)c3)cc2)ccc1CNCC(O)c1ccc(O)c2[nH]c(=O)ccc12. The Balaban J connectivity index is 0.997. The van der Waals surface area contributed by atoms with Crippen LogP contribution < -0.4 is 31.0 Å². The zero-order valence-corrected chi connectivity index (χ0v) is 29.4. The van der Waals surface area contributed by atoms with Gasteiger partial charge in [-0.1, -0.05) is 72.8 Å². The van der Waals surface area contributed by atoms with E-state index in [1.807, 2.05) is 84.9 Å². The third kappa shape index (κ3) is 9.23. The predicted molar refractivity (Wildman–Crippen MR) is 204 cm³/mol. The second-order valence-electron chi connectivity index (χ2n) is 12.6. The number of ether oxygens (including phenoxy) is 2. The maximum atomic E-state index is 13.0. The van der Waals surface area contributed by atoms with Gasteiger partial charge < -0.3 is 45.7 Å². The smallest absolute Gasteiger partial charge is 0.405 e. The second-order valence-corrected chi connectivity index (χ2v) is 12.6. The summed E-state index contributed by atoms with van der Waals surface area (Å²) in [5, 5.41) is 39.7. The molecule has 2 amide bonds. The Bertz CT molecular complexity index is 2290. The van der Waals surface area contributed by atoms with E-state index in [9.17, 15) is 29.7 Å². The number of carbonyl (C=O) groups is 2. The number of aromatic nitrogens is 1. The van der Waals surface area contributed by atoms with E-state index in [1.165, 1.54) is 12.1 Å². The molecule has 0 aliphatic rings. The van der Waals surface area contributed by atoms with Crippen LogP contribution in [0.4, 0.5) is 4.79 Å². The molecule has 0 fully saturated rings. The molecule has 276 valence electrons. The highest BCUT2D eigenvalue weighted by Crippen LogP contribution is 2.29. The number of aliphatic hydroxyl groups excluding tert-OH is 1. The lowest BCUT2D eigenvalue weighted by Gasteiger charge is -2.19. The molecule has 0 radical (unpaired) electrons. The molecule has 54 heavy (non-hydrogen) atoms. The van der Waals surface area contributed by atoms with Gasteiger partial charge in [0.25, 0.3) is 5.91 Å². The summed E-state index contributed by atoms with van der Waals surface area (Å²) < 4.78 is 11.6. The van der Waals surface area contributed by atoms with Crippen LogP contribution in [0.25, 0.3) is 10.9 Å². The molecule has 6 rings (SSSR count). The standard InChI is InChI=1S/C42H40N4O8/c1-53-37-20-27(12-15-31(37)23-43-24-36(48)33-16-18-35(47)40-34(33)17-19-38(49)45-40)22-44-41(50)29-13-10-26(11-14-29)25-54-32-9-5-8-30(21-32)39(46-42(51)52)28-6-3-2-4-7-28/h2-21,36,39,43,46-48H,22-25H2,1H3,(H,44,50)(H,45,49)(H,51,52)/t36?,39-/m0/s1. The van der Waals surface area contributed by atoms with Crippen molar-refractivity contribution in [2.24, 2.45) is 0 Å². The second kappa shape index (κ2) is 17.3. The highest BCUT2D eigenvalue weighted by atomic mass is 16.5. The number of aromatic hydroxyl groups is 1. The van der Waals surface area contributed by atoms with Crippen molar-refractivity contribution in [1.82, 2.24) is 20.9 Å². The molecule has 0 aliphatic carbocycles. The number of benzene rings is 5. The number of hydrogen-bond donors (Lipinski definition) is 7. The summed E-state index contributed by atoms with van der Waals surface area (Å²) in [5.74, 6) is 0.900. The van der Waals surface area contributed by atoms with E-state index >= 15 is 0 Å². The fourth-order valence-corrected chi connectivity index (χ4v) is 6.16. The number of rotatable bonds is 15. The van der Waals surface area contributed by atoms with Gasteiger partial charge in [0.15, 0.2) is 0 Å². The summed E-state index contributed by atoms with van der Waals surface area (Å²) in [4.78, 5) is 38.8. The fraction of sp³-hybridized carbons (Fsp3) is 0.167. The van der Waals surface area contributed by atoms with E-state index in [0.29, 0.717) is 34.6 Å². The topological polar surface area (TPSA) is 182 Å². The van der Waals surface area contributed by atoms with Crippen molar-refractivity contribution in [3.63, 3.8) is 0 Å². The van der Waals surface area contributed by atoms with Crippen molar-refractivity contribution in [1.29, 1.82) is 0 Å². The summed E-state index contributed by atoms with van der Waals surface area (Å²) >= 11 is 0. The molecule has 0 saturated carbocycles. The number of methoxy groups -OCH3 is 1. The Hall–Kier alpha value is -6.63. The molecular formula is C42H40N4O8. The lowest BCUT2D eigenvalue weighted by atomic mass is 9.98. The highest BCUT2D eigenvalue weighted by Gasteiger charge is 2.18. The van der Waals surface area contributed by atoms with Crippen LogP contribution in [0.3, 0.4) is 0 Å². The lowest BCUT2D eigenvalue weighted by Crippen LogP contribution is -2.27. The number of carboxylic acid groups (broad SMARTS) is 1. The first kappa shape index (κ1) is 37.1. The van der Waals surface area contributed by atoms with Gasteiger partial charge >= 0.3 is 6.09 Å². The van der Waals surface area contributed by atoms with Gasteiger partial charge in [0.05, 0.1) is 24.8 Å². The number of pyridine rings is 1. The van der Waals surface area contributed by atoms with Crippen LogP contribution in [-0.2, 0) is 19.7 Å². The normalized spacial score (nSPS) is 12.1. The zero-order chi connectivity index (χ0) is 38.0. The number of hydrogen-bond acceptors (Lipinski definition) is 8. The van der Waals surface area contributed by atoms with Crippen molar-refractivity contribution < 1.29 is 34.4 Å². The molecule has 12 heteroatoms. The van der Waals surface area contributed by atoms with Crippen LogP contribution in [0.5, 0.6) is 17.2 Å². The predicted octanol–water partition coefficient (Wildman–Crippen LogP) is 5.93. The van der Waals surface area contributed by atoms with Gasteiger partial charge in [0.1, 0.15) is 23.9 Å². The van der Waals surface area contributed by atoms with Crippen LogP contribution in [-0.4, -0.2) is 46.0 Å². The molecule has 1 heterocycles. The molecule has 6 aromatic rings. The molecule has 12 nitrogen and oxygen atoms in total. The monoisotopic (exact) mass is 728 g/mol. The van der Waals surface area contributed by atoms with Crippen molar-refractivity contribution in [3.05, 3.63) is 171 Å². The summed E-state index contributed by atoms with van der Waals surface area (Å²) in [6, 6.07) is 34.8. The largest absolute Gasteiger partial charge is 0.506 e. The van der Waals surface area contributed by atoms with Gasteiger partial charge in [-0.3, -0.25) is 9.59 Å². The molecule has 0 saturated heterocycles. The number of nitrogens with one attached hydrogen (secondary N) is 4. The van der Waals surface area contributed by atoms with E-state index in [-0.39, 0.29) is 42.4 Å². The minimum absolute atomic E-state index is 0.0700. The van der Waals surface area contributed by atoms with Crippen LogP contribution in [0.1, 0.15) is 55.9 Å². The van der Waals surface area contributed by atoms with Gasteiger partial charge in [0, 0.05) is 42.2 Å². The molecular weight excluding hydrogens is 688 g/mol. The molecule has 7 N–H and O–H groups in total. The molecule has 1 unspecified atom stereocenters. The Morgan fingerprint density at radius 3 is 2.33 bits per heavy atom. The van der Waals surface area contributed by atoms with E-state index in [4.69, 9.17) is 9.47 Å². The zero-order valence-electron chi connectivity index (χ0n) is 29.4. The van der Waals surface area contributed by atoms with E-state index in [0.717, 1.165) is 27.8 Å². The molecule has 2 atom stereocenters. The Morgan fingerprint density at radius 1 is 0.815 bits per heavy atom. The van der Waals surface area contributed by atoms with Crippen molar-refractivity contribution >= 4 is 22.9 Å². The fourth-order valence-electron chi connectivity index (χ4n) is 6.16. The Kier molecular flexibility index (Phi) is 11.9. The number of amides is 2. The summed E-state index contributed by atoms with van der Waals surface area (Å²) in [6.45, 7) is 1.14. The van der Waals surface area contributed by atoms with Crippen molar-refractivity contribution in [3.8, 4) is 17.2 Å². The van der Waals surface area contributed by atoms with Gasteiger partial charge in [-0.15, -0.1) is 0 Å².